The van der Waals surface area contributed by atoms with E-state index in [0.717, 1.165) is 33.4 Å². The van der Waals surface area contributed by atoms with Crippen LogP contribution in [0.1, 0.15) is 23.6 Å². The molecule has 0 radical (unpaired) electrons. The van der Waals surface area contributed by atoms with Crippen LogP contribution in [-0.2, 0) is 6.42 Å². The molecule has 0 aliphatic rings. The molecule has 22 heavy (non-hydrogen) atoms. The third-order valence-electron chi connectivity index (χ3n) is 3.45. The van der Waals surface area contributed by atoms with Gasteiger partial charge in [0.05, 0.1) is 12.0 Å². The average molecular weight is 363 g/mol. The van der Waals surface area contributed by atoms with E-state index >= 15 is 0 Å². The highest BCUT2D eigenvalue weighted by Gasteiger charge is 2.08. The number of hydrogen-bond donors (Lipinski definition) is 0. The van der Waals surface area contributed by atoms with Gasteiger partial charge in [-0.25, -0.2) is 9.38 Å². The summed E-state index contributed by atoms with van der Waals surface area (Å²) in [6.07, 6.45) is 2.50. The number of hydrogen-bond acceptors (Lipinski definition) is 1. The third kappa shape index (κ3) is 4.41. The predicted octanol–water partition coefficient (Wildman–Crippen LogP) is 5.10. The maximum absolute atomic E-state index is 13.3. The van der Waals surface area contributed by atoms with Crippen molar-refractivity contribution in [2.45, 2.75) is 20.3 Å². The Labute approximate surface area is 139 Å². The highest BCUT2D eigenvalue weighted by Crippen LogP contribution is 2.32. The molecule has 0 heterocycles. The van der Waals surface area contributed by atoms with Crippen LogP contribution in [0.15, 0.2) is 45.9 Å². The van der Waals surface area contributed by atoms with Gasteiger partial charge < -0.3 is 4.90 Å². The number of nitrogens with zero attached hydrogens (tertiary/aromatic N) is 2. The Morgan fingerprint density at radius 2 is 2.05 bits per heavy atom. The molecule has 116 valence electrons. The number of benzene rings is 2. The number of aliphatic imine (C=N–C) groups is 1. The predicted molar refractivity (Wildman–Crippen MR) is 94.5 cm³/mol. The molecule has 0 N–H and O–H groups in total. The molecule has 0 bridgehead atoms. The summed E-state index contributed by atoms with van der Waals surface area (Å²) in [7, 11) is 1.99. The van der Waals surface area contributed by atoms with Gasteiger partial charge in [-0.05, 0) is 71.1 Å². The third-order valence-corrected chi connectivity index (χ3v) is 4.36. The van der Waals surface area contributed by atoms with Crippen LogP contribution >= 0.6 is 15.9 Å². The Kier molecular flexibility index (Phi) is 5.72. The monoisotopic (exact) mass is 362 g/mol. The molecule has 0 amide bonds. The SMILES string of the molecule is CCN(C)C=Nc1cc(C)cc(Cc2cccc(F)c2)c1Br. The summed E-state index contributed by atoms with van der Waals surface area (Å²) in [6.45, 7) is 5.03. The maximum atomic E-state index is 13.3. The summed E-state index contributed by atoms with van der Waals surface area (Å²) < 4.78 is 14.3. The standard InChI is InChI=1S/C18H20BrFN2/c1-4-22(3)12-21-17-9-13(2)8-15(18(17)19)10-14-6-5-7-16(20)11-14/h5-9,11-12H,4,10H2,1-3H3. The minimum Gasteiger partial charge on any atom is -0.366 e. The molecule has 2 aromatic rings. The van der Waals surface area contributed by atoms with E-state index in [0.29, 0.717) is 6.42 Å². The number of halogens is 2. The van der Waals surface area contributed by atoms with E-state index < -0.39 is 0 Å². The lowest BCUT2D eigenvalue weighted by molar-refractivity contribution is 0.552. The lowest BCUT2D eigenvalue weighted by Crippen LogP contribution is -2.14. The second-order valence-corrected chi connectivity index (χ2v) is 6.17. The number of rotatable bonds is 5. The molecule has 2 nitrogen and oxygen atoms in total. The highest BCUT2D eigenvalue weighted by atomic mass is 79.9. The second kappa shape index (κ2) is 7.54. The van der Waals surface area contributed by atoms with E-state index in [-0.39, 0.29) is 5.82 Å². The van der Waals surface area contributed by atoms with Crippen LogP contribution in [0.5, 0.6) is 0 Å². The zero-order valence-electron chi connectivity index (χ0n) is 13.1. The fraction of sp³-hybridized carbons (Fsp3) is 0.278. The van der Waals surface area contributed by atoms with Crippen LogP contribution in [0.25, 0.3) is 0 Å². The number of aryl methyl sites for hydroxylation is 1. The van der Waals surface area contributed by atoms with Gasteiger partial charge in [-0.3, -0.25) is 0 Å². The van der Waals surface area contributed by atoms with Crippen molar-refractivity contribution < 1.29 is 4.39 Å². The van der Waals surface area contributed by atoms with Gasteiger partial charge in [-0.1, -0.05) is 18.2 Å². The van der Waals surface area contributed by atoms with Gasteiger partial charge in [-0.15, -0.1) is 0 Å². The second-order valence-electron chi connectivity index (χ2n) is 5.38. The summed E-state index contributed by atoms with van der Waals surface area (Å²) in [6, 6.07) is 10.9. The molecule has 0 aromatic heterocycles. The molecule has 4 heteroatoms. The zero-order chi connectivity index (χ0) is 16.1. The van der Waals surface area contributed by atoms with E-state index in [1.54, 1.807) is 12.1 Å². The molecular weight excluding hydrogens is 343 g/mol. The lowest BCUT2D eigenvalue weighted by Gasteiger charge is -2.12. The zero-order valence-corrected chi connectivity index (χ0v) is 14.7. The summed E-state index contributed by atoms with van der Waals surface area (Å²) in [5.41, 5.74) is 4.09. The first kappa shape index (κ1) is 16.7. The first-order valence-electron chi connectivity index (χ1n) is 7.27. The Morgan fingerprint density at radius 3 is 2.73 bits per heavy atom. The van der Waals surface area contributed by atoms with Gasteiger partial charge >= 0.3 is 0 Å². The molecule has 2 aromatic carbocycles. The van der Waals surface area contributed by atoms with Crippen molar-refractivity contribution in [2.75, 3.05) is 13.6 Å². The van der Waals surface area contributed by atoms with Crippen molar-refractivity contribution in [3.63, 3.8) is 0 Å². The van der Waals surface area contributed by atoms with Crippen LogP contribution in [-0.4, -0.2) is 24.8 Å². The summed E-state index contributed by atoms with van der Waals surface area (Å²) in [5.74, 6) is -0.205. The normalized spacial score (nSPS) is 11.1. The maximum Gasteiger partial charge on any atom is 0.123 e. The van der Waals surface area contributed by atoms with Crippen molar-refractivity contribution in [2.24, 2.45) is 4.99 Å². The summed E-state index contributed by atoms with van der Waals surface area (Å²) >= 11 is 3.64. The Balaban J connectivity index is 2.32. The van der Waals surface area contributed by atoms with Crippen molar-refractivity contribution in [1.82, 2.24) is 4.90 Å². The van der Waals surface area contributed by atoms with Crippen LogP contribution in [0.2, 0.25) is 0 Å². The first-order valence-corrected chi connectivity index (χ1v) is 8.06. The van der Waals surface area contributed by atoms with Crippen molar-refractivity contribution in [3.8, 4) is 0 Å². The molecule has 0 fully saturated rings. The van der Waals surface area contributed by atoms with Gasteiger partial charge in [0.1, 0.15) is 5.82 Å². The lowest BCUT2D eigenvalue weighted by atomic mass is 10.0. The van der Waals surface area contributed by atoms with Gasteiger partial charge in [0, 0.05) is 18.1 Å². The molecule has 0 unspecified atom stereocenters. The van der Waals surface area contributed by atoms with Crippen LogP contribution in [0, 0.1) is 12.7 Å². The summed E-state index contributed by atoms with van der Waals surface area (Å²) in [4.78, 5) is 6.55. The molecule has 0 saturated heterocycles. The quantitative estimate of drug-likeness (QED) is 0.533. The molecular formula is C18H20BrFN2. The van der Waals surface area contributed by atoms with E-state index in [9.17, 15) is 4.39 Å². The molecule has 0 aliphatic heterocycles. The minimum absolute atomic E-state index is 0.205. The molecule has 0 spiro atoms. The van der Waals surface area contributed by atoms with E-state index in [1.165, 1.54) is 6.07 Å². The van der Waals surface area contributed by atoms with Crippen LogP contribution in [0.4, 0.5) is 10.1 Å². The van der Waals surface area contributed by atoms with Crippen molar-refractivity contribution in [1.29, 1.82) is 0 Å². The fourth-order valence-electron chi connectivity index (χ4n) is 2.16. The van der Waals surface area contributed by atoms with Gasteiger partial charge in [0.15, 0.2) is 0 Å². The average Bonchev–Trinajstić information content (AvgIpc) is 2.48. The Hall–Kier alpha value is -1.68. The summed E-state index contributed by atoms with van der Waals surface area (Å²) in [5, 5.41) is 0. The van der Waals surface area contributed by atoms with Gasteiger partial charge in [0.2, 0.25) is 0 Å². The van der Waals surface area contributed by atoms with Gasteiger partial charge in [-0.2, -0.15) is 0 Å². The molecule has 2 rings (SSSR count). The smallest absolute Gasteiger partial charge is 0.123 e. The molecule has 0 atom stereocenters. The molecule has 0 saturated carbocycles. The Morgan fingerprint density at radius 1 is 1.27 bits per heavy atom. The minimum atomic E-state index is -0.205. The Bertz CT molecular complexity index is 683. The van der Waals surface area contributed by atoms with Crippen LogP contribution in [0.3, 0.4) is 0 Å². The topological polar surface area (TPSA) is 15.6 Å². The van der Waals surface area contributed by atoms with Crippen molar-refractivity contribution >= 4 is 28.0 Å². The van der Waals surface area contributed by atoms with E-state index in [2.05, 4.69) is 33.9 Å². The molecule has 0 aliphatic carbocycles. The largest absolute Gasteiger partial charge is 0.366 e. The van der Waals surface area contributed by atoms with Crippen molar-refractivity contribution in [3.05, 3.63) is 63.4 Å². The highest BCUT2D eigenvalue weighted by molar-refractivity contribution is 9.10. The van der Waals surface area contributed by atoms with Gasteiger partial charge in [0.25, 0.3) is 0 Å². The van der Waals surface area contributed by atoms with Crippen LogP contribution < -0.4 is 0 Å². The van der Waals surface area contributed by atoms with E-state index in [4.69, 9.17) is 0 Å². The van der Waals surface area contributed by atoms with E-state index in [1.807, 2.05) is 37.3 Å². The first-order chi connectivity index (χ1) is 10.5. The fourth-order valence-corrected chi connectivity index (χ4v) is 2.63.